The SMILES string of the molecule is CCC(=O)Oc1ccccc1.CCc1ccc(OC(C)=O)cc1. The maximum absolute atomic E-state index is 10.8. The number of carbonyl (C=O) groups is 2. The van der Waals surface area contributed by atoms with Gasteiger partial charge in [-0.3, -0.25) is 9.59 Å². The van der Waals surface area contributed by atoms with Crippen molar-refractivity contribution in [2.45, 2.75) is 33.6 Å². The zero-order valence-corrected chi connectivity index (χ0v) is 13.7. The van der Waals surface area contributed by atoms with E-state index in [1.807, 2.05) is 30.3 Å². The van der Waals surface area contributed by atoms with E-state index in [4.69, 9.17) is 9.47 Å². The number of hydrogen-bond acceptors (Lipinski definition) is 4. The van der Waals surface area contributed by atoms with Crippen LogP contribution in [0.25, 0.3) is 0 Å². The van der Waals surface area contributed by atoms with Crippen molar-refractivity contribution in [1.29, 1.82) is 0 Å². The second-order valence-corrected chi connectivity index (χ2v) is 4.73. The Morgan fingerprint density at radius 2 is 1.39 bits per heavy atom. The topological polar surface area (TPSA) is 52.6 Å². The van der Waals surface area contributed by atoms with Crippen LogP contribution in [0.3, 0.4) is 0 Å². The fourth-order valence-electron chi connectivity index (χ4n) is 1.65. The van der Waals surface area contributed by atoms with Gasteiger partial charge in [0.2, 0.25) is 0 Å². The van der Waals surface area contributed by atoms with Gasteiger partial charge < -0.3 is 9.47 Å². The lowest BCUT2D eigenvalue weighted by molar-refractivity contribution is -0.134. The molecule has 2 aromatic carbocycles. The van der Waals surface area contributed by atoms with Crippen molar-refractivity contribution in [2.24, 2.45) is 0 Å². The van der Waals surface area contributed by atoms with Crippen LogP contribution >= 0.6 is 0 Å². The molecular formula is C19H22O4. The van der Waals surface area contributed by atoms with Crippen LogP contribution in [-0.4, -0.2) is 11.9 Å². The van der Waals surface area contributed by atoms with Gasteiger partial charge in [0.05, 0.1) is 0 Å². The normalized spacial score (nSPS) is 9.35. The fourth-order valence-corrected chi connectivity index (χ4v) is 1.65. The molecule has 2 aromatic rings. The first-order valence-corrected chi connectivity index (χ1v) is 7.58. The molecule has 2 rings (SSSR count). The molecule has 0 amide bonds. The zero-order valence-electron chi connectivity index (χ0n) is 13.7. The second kappa shape index (κ2) is 10.2. The molecule has 0 N–H and O–H groups in total. The summed E-state index contributed by atoms with van der Waals surface area (Å²) in [6, 6.07) is 16.6. The number of esters is 2. The Labute approximate surface area is 137 Å². The fraction of sp³-hybridized carbons (Fsp3) is 0.263. The van der Waals surface area contributed by atoms with Crippen LogP contribution < -0.4 is 9.47 Å². The Hall–Kier alpha value is -2.62. The zero-order chi connectivity index (χ0) is 17.1. The predicted molar refractivity (Wildman–Crippen MR) is 89.5 cm³/mol. The molecule has 0 aliphatic heterocycles. The molecule has 0 aliphatic carbocycles. The van der Waals surface area contributed by atoms with E-state index in [9.17, 15) is 9.59 Å². The average Bonchev–Trinajstić information content (AvgIpc) is 2.56. The molecule has 0 radical (unpaired) electrons. The van der Waals surface area contributed by atoms with Crippen molar-refractivity contribution in [2.75, 3.05) is 0 Å². The molecule has 0 aliphatic rings. The van der Waals surface area contributed by atoms with E-state index < -0.39 is 0 Å². The molecule has 0 aromatic heterocycles. The first-order valence-electron chi connectivity index (χ1n) is 7.58. The lowest BCUT2D eigenvalue weighted by Gasteiger charge is -2.01. The molecule has 0 heterocycles. The summed E-state index contributed by atoms with van der Waals surface area (Å²) >= 11 is 0. The van der Waals surface area contributed by atoms with Gasteiger partial charge >= 0.3 is 11.9 Å². The molecule has 0 saturated heterocycles. The number of hydrogen-bond donors (Lipinski definition) is 0. The number of carbonyl (C=O) groups excluding carboxylic acids is 2. The van der Waals surface area contributed by atoms with Crippen LogP contribution in [-0.2, 0) is 16.0 Å². The Morgan fingerprint density at radius 1 is 0.826 bits per heavy atom. The van der Waals surface area contributed by atoms with Crippen LogP contribution in [0.4, 0.5) is 0 Å². The lowest BCUT2D eigenvalue weighted by atomic mass is 10.2. The minimum Gasteiger partial charge on any atom is -0.427 e. The van der Waals surface area contributed by atoms with Crippen LogP contribution in [0.1, 0.15) is 32.8 Å². The summed E-state index contributed by atoms with van der Waals surface area (Å²) in [6.45, 7) is 5.25. The standard InChI is InChI=1S/C10H12O2.C9H10O2/c1-3-9-4-6-10(7-5-9)12-8(2)11;1-2-9(10)11-8-6-4-3-5-7-8/h4-7H,3H2,1-2H3;3-7H,2H2,1H3. The van der Waals surface area contributed by atoms with Crippen molar-refractivity contribution in [3.8, 4) is 11.5 Å². The molecular weight excluding hydrogens is 292 g/mol. The molecule has 23 heavy (non-hydrogen) atoms. The molecule has 4 heteroatoms. The second-order valence-electron chi connectivity index (χ2n) is 4.73. The number of para-hydroxylation sites is 1. The first-order chi connectivity index (χ1) is 11.0. The van der Waals surface area contributed by atoms with Gasteiger partial charge in [0.15, 0.2) is 0 Å². The van der Waals surface area contributed by atoms with Crippen molar-refractivity contribution in [3.63, 3.8) is 0 Å². The van der Waals surface area contributed by atoms with E-state index in [-0.39, 0.29) is 11.9 Å². The van der Waals surface area contributed by atoms with Crippen LogP contribution in [0.5, 0.6) is 11.5 Å². The largest absolute Gasteiger partial charge is 0.427 e. The van der Waals surface area contributed by atoms with E-state index in [0.29, 0.717) is 17.9 Å². The minimum atomic E-state index is -0.278. The van der Waals surface area contributed by atoms with Gasteiger partial charge in [-0.1, -0.05) is 44.2 Å². The Balaban J connectivity index is 0.000000231. The highest BCUT2D eigenvalue weighted by Gasteiger charge is 1.98. The summed E-state index contributed by atoms with van der Waals surface area (Å²) in [5.74, 6) is 0.745. The molecule has 0 saturated carbocycles. The third kappa shape index (κ3) is 7.81. The van der Waals surface area contributed by atoms with Gasteiger partial charge in [-0.15, -0.1) is 0 Å². The van der Waals surface area contributed by atoms with E-state index in [1.165, 1.54) is 12.5 Å². The van der Waals surface area contributed by atoms with E-state index in [1.54, 1.807) is 31.2 Å². The molecule has 0 unspecified atom stereocenters. The lowest BCUT2D eigenvalue weighted by Crippen LogP contribution is -2.04. The monoisotopic (exact) mass is 314 g/mol. The van der Waals surface area contributed by atoms with Gasteiger partial charge in [-0.25, -0.2) is 0 Å². The quantitative estimate of drug-likeness (QED) is 0.627. The van der Waals surface area contributed by atoms with Gasteiger partial charge in [0.25, 0.3) is 0 Å². The highest BCUT2D eigenvalue weighted by molar-refractivity contribution is 5.71. The highest BCUT2D eigenvalue weighted by atomic mass is 16.5. The molecule has 0 spiro atoms. The third-order valence-electron chi connectivity index (χ3n) is 2.86. The number of rotatable bonds is 4. The van der Waals surface area contributed by atoms with Crippen LogP contribution in [0.15, 0.2) is 54.6 Å². The highest BCUT2D eigenvalue weighted by Crippen LogP contribution is 2.12. The maximum atomic E-state index is 10.8. The number of ether oxygens (including phenoxy) is 2. The van der Waals surface area contributed by atoms with Crippen molar-refractivity contribution in [3.05, 3.63) is 60.2 Å². The number of benzene rings is 2. The van der Waals surface area contributed by atoms with Gasteiger partial charge in [0.1, 0.15) is 11.5 Å². The summed E-state index contributed by atoms with van der Waals surface area (Å²) in [4.78, 5) is 21.3. The van der Waals surface area contributed by atoms with E-state index in [2.05, 4.69) is 6.92 Å². The van der Waals surface area contributed by atoms with Gasteiger partial charge in [-0.2, -0.15) is 0 Å². The van der Waals surface area contributed by atoms with Gasteiger partial charge in [0, 0.05) is 13.3 Å². The molecule has 0 bridgehead atoms. The summed E-state index contributed by atoms with van der Waals surface area (Å²) in [7, 11) is 0. The Bertz CT molecular complexity index is 603. The van der Waals surface area contributed by atoms with Crippen LogP contribution in [0, 0.1) is 0 Å². The molecule has 122 valence electrons. The first kappa shape index (κ1) is 18.4. The minimum absolute atomic E-state index is 0.198. The molecule has 0 fully saturated rings. The Kier molecular flexibility index (Phi) is 8.14. The van der Waals surface area contributed by atoms with E-state index in [0.717, 1.165) is 6.42 Å². The van der Waals surface area contributed by atoms with Crippen molar-refractivity contribution in [1.82, 2.24) is 0 Å². The average molecular weight is 314 g/mol. The summed E-state index contributed by atoms with van der Waals surface area (Å²) in [5, 5.41) is 0. The van der Waals surface area contributed by atoms with Crippen LogP contribution in [0.2, 0.25) is 0 Å². The van der Waals surface area contributed by atoms with Gasteiger partial charge in [-0.05, 0) is 36.2 Å². The predicted octanol–water partition coefficient (Wildman–Crippen LogP) is 4.18. The summed E-state index contributed by atoms with van der Waals surface area (Å²) < 4.78 is 9.80. The third-order valence-corrected chi connectivity index (χ3v) is 2.86. The van der Waals surface area contributed by atoms with E-state index >= 15 is 0 Å². The molecule has 4 nitrogen and oxygen atoms in total. The number of aryl methyl sites for hydroxylation is 1. The van der Waals surface area contributed by atoms with Crippen molar-refractivity contribution >= 4 is 11.9 Å². The molecule has 0 atom stereocenters. The van der Waals surface area contributed by atoms with Crippen molar-refractivity contribution < 1.29 is 19.1 Å². The Morgan fingerprint density at radius 3 is 1.87 bits per heavy atom. The smallest absolute Gasteiger partial charge is 0.310 e. The maximum Gasteiger partial charge on any atom is 0.310 e. The summed E-state index contributed by atoms with van der Waals surface area (Å²) in [5.41, 5.74) is 1.24. The summed E-state index contributed by atoms with van der Waals surface area (Å²) in [6.07, 6.45) is 1.41.